The average molecular weight is 170 g/mol. The first-order valence-corrected chi connectivity index (χ1v) is 4.92. The normalized spacial score (nSPS) is 29.2. The van der Waals surface area contributed by atoms with E-state index in [0.29, 0.717) is 17.5 Å². The van der Waals surface area contributed by atoms with Gasteiger partial charge in [0.05, 0.1) is 0 Å². The van der Waals surface area contributed by atoms with E-state index < -0.39 is 0 Å². The van der Waals surface area contributed by atoms with E-state index in [1.54, 1.807) is 0 Å². The van der Waals surface area contributed by atoms with Gasteiger partial charge in [0, 0.05) is 18.1 Å². The van der Waals surface area contributed by atoms with Gasteiger partial charge >= 0.3 is 0 Å². The molecule has 72 valence electrons. The van der Waals surface area contributed by atoms with Crippen molar-refractivity contribution in [3.63, 3.8) is 0 Å². The Hall–Kier alpha value is -0.0800. The molecule has 1 fully saturated rings. The molecule has 1 aliphatic rings. The molecular weight excluding hydrogens is 148 g/mol. The Kier molecular flexibility index (Phi) is 2.79. The maximum atomic E-state index is 5.88. The lowest BCUT2D eigenvalue weighted by molar-refractivity contribution is 0.166. The van der Waals surface area contributed by atoms with E-state index in [1.807, 2.05) is 0 Å². The van der Waals surface area contributed by atoms with Crippen molar-refractivity contribution >= 4 is 0 Å². The van der Waals surface area contributed by atoms with E-state index >= 15 is 0 Å². The molecule has 0 radical (unpaired) electrons. The van der Waals surface area contributed by atoms with Gasteiger partial charge in [-0.15, -0.1) is 0 Å². The fourth-order valence-corrected chi connectivity index (χ4v) is 1.83. The second kappa shape index (κ2) is 3.35. The zero-order valence-electron chi connectivity index (χ0n) is 8.80. The maximum absolute atomic E-state index is 5.88. The van der Waals surface area contributed by atoms with Crippen LogP contribution < -0.4 is 5.73 Å². The van der Waals surface area contributed by atoms with Gasteiger partial charge < -0.3 is 5.73 Å². The first-order valence-electron chi connectivity index (χ1n) is 4.92. The van der Waals surface area contributed by atoms with Gasteiger partial charge in [0.2, 0.25) is 0 Å². The minimum Gasteiger partial charge on any atom is -0.328 e. The van der Waals surface area contributed by atoms with E-state index in [0.717, 1.165) is 0 Å². The molecular formula is C10H22N2. The van der Waals surface area contributed by atoms with Crippen molar-refractivity contribution in [2.75, 3.05) is 13.1 Å². The summed E-state index contributed by atoms with van der Waals surface area (Å²) in [5.41, 5.74) is 6.20. The molecule has 0 amide bonds. The van der Waals surface area contributed by atoms with Crippen LogP contribution in [0.4, 0.5) is 0 Å². The molecule has 0 bridgehead atoms. The highest BCUT2D eigenvalue weighted by atomic mass is 15.2. The molecule has 1 aliphatic heterocycles. The Labute approximate surface area is 76.1 Å². The molecule has 0 aromatic carbocycles. The van der Waals surface area contributed by atoms with E-state index in [1.165, 1.54) is 19.5 Å². The molecule has 0 aliphatic carbocycles. The van der Waals surface area contributed by atoms with Crippen molar-refractivity contribution in [2.45, 2.75) is 45.7 Å². The Morgan fingerprint density at radius 3 is 2.25 bits per heavy atom. The van der Waals surface area contributed by atoms with Crippen LogP contribution >= 0.6 is 0 Å². The Morgan fingerprint density at radius 1 is 1.42 bits per heavy atom. The number of hydrogen-bond donors (Lipinski definition) is 1. The van der Waals surface area contributed by atoms with Crippen LogP contribution in [0.25, 0.3) is 0 Å². The number of nitrogens with two attached hydrogens (primary N) is 1. The summed E-state index contributed by atoms with van der Waals surface area (Å²) in [5, 5.41) is 0. The molecule has 2 N–H and O–H groups in total. The lowest BCUT2D eigenvalue weighted by Crippen LogP contribution is -2.40. The summed E-state index contributed by atoms with van der Waals surface area (Å²) in [5.74, 6) is 0.712. The summed E-state index contributed by atoms with van der Waals surface area (Å²) in [4.78, 5) is 2.53. The molecule has 0 spiro atoms. The summed E-state index contributed by atoms with van der Waals surface area (Å²) < 4.78 is 0. The second-order valence-electron chi connectivity index (χ2n) is 5.02. The Balaban J connectivity index is 2.46. The number of hydrogen-bond acceptors (Lipinski definition) is 2. The van der Waals surface area contributed by atoms with Crippen LogP contribution in [-0.4, -0.2) is 29.6 Å². The van der Waals surface area contributed by atoms with Gasteiger partial charge in [-0.05, 0) is 46.6 Å². The largest absolute Gasteiger partial charge is 0.328 e. The Bertz CT molecular complexity index is 146. The maximum Gasteiger partial charge on any atom is 0.0125 e. The zero-order chi connectivity index (χ0) is 9.35. The number of likely N-dealkylation sites (tertiary alicyclic amines) is 1. The van der Waals surface area contributed by atoms with Crippen molar-refractivity contribution in [3.8, 4) is 0 Å². The fourth-order valence-electron chi connectivity index (χ4n) is 1.83. The van der Waals surface area contributed by atoms with Crippen molar-refractivity contribution in [2.24, 2.45) is 11.7 Å². The molecule has 2 nitrogen and oxygen atoms in total. The number of rotatable bonds is 1. The lowest BCUT2D eigenvalue weighted by atomic mass is 10.0. The van der Waals surface area contributed by atoms with Crippen molar-refractivity contribution in [3.05, 3.63) is 0 Å². The van der Waals surface area contributed by atoms with Gasteiger partial charge in [-0.25, -0.2) is 0 Å². The van der Waals surface area contributed by atoms with Crippen LogP contribution in [0.3, 0.4) is 0 Å². The summed E-state index contributed by atoms with van der Waals surface area (Å²) in [6, 6.07) is 0.359. The minimum atomic E-state index is 0.323. The first kappa shape index (κ1) is 10.0. The monoisotopic (exact) mass is 170 g/mol. The van der Waals surface area contributed by atoms with Gasteiger partial charge in [0.25, 0.3) is 0 Å². The highest BCUT2D eigenvalue weighted by Gasteiger charge is 2.31. The molecule has 1 rings (SSSR count). The molecule has 12 heavy (non-hydrogen) atoms. The molecule has 2 atom stereocenters. The average Bonchev–Trinajstić information content (AvgIpc) is 2.30. The Morgan fingerprint density at radius 2 is 2.00 bits per heavy atom. The quantitative estimate of drug-likeness (QED) is 0.645. The molecule has 1 heterocycles. The smallest absolute Gasteiger partial charge is 0.0125 e. The van der Waals surface area contributed by atoms with Crippen LogP contribution in [0.5, 0.6) is 0 Å². The third-order valence-electron chi connectivity index (χ3n) is 2.92. The van der Waals surface area contributed by atoms with Gasteiger partial charge in [0.1, 0.15) is 0 Å². The second-order valence-corrected chi connectivity index (χ2v) is 5.02. The predicted octanol–water partition coefficient (Wildman–Crippen LogP) is 1.45. The summed E-state index contributed by atoms with van der Waals surface area (Å²) >= 11 is 0. The molecule has 2 heteroatoms. The van der Waals surface area contributed by atoms with Gasteiger partial charge in [-0.1, -0.05) is 0 Å². The highest BCUT2D eigenvalue weighted by Crippen LogP contribution is 2.25. The molecule has 0 aromatic heterocycles. The van der Waals surface area contributed by atoms with E-state index in [2.05, 4.69) is 32.6 Å². The standard InChI is InChI=1S/C10H22N2/c1-8(11)9-5-6-12(7-9)10(2,3)4/h8-9H,5-7,11H2,1-4H3/t8-,9+/m0/s1. The SMILES string of the molecule is C[C@H](N)[C@@H]1CCN(C(C)(C)C)C1. The van der Waals surface area contributed by atoms with Gasteiger partial charge in [0.15, 0.2) is 0 Å². The van der Waals surface area contributed by atoms with E-state index in [9.17, 15) is 0 Å². The third-order valence-corrected chi connectivity index (χ3v) is 2.92. The van der Waals surface area contributed by atoms with Crippen LogP contribution in [0.2, 0.25) is 0 Å². The van der Waals surface area contributed by atoms with E-state index in [-0.39, 0.29) is 0 Å². The van der Waals surface area contributed by atoms with E-state index in [4.69, 9.17) is 5.73 Å². The fraction of sp³-hybridized carbons (Fsp3) is 1.00. The first-order chi connectivity index (χ1) is 5.41. The van der Waals surface area contributed by atoms with Crippen LogP contribution in [0, 0.1) is 5.92 Å². The van der Waals surface area contributed by atoms with Crippen molar-refractivity contribution in [1.82, 2.24) is 4.90 Å². The highest BCUT2D eigenvalue weighted by molar-refractivity contribution is 4.87. The van der Waals surface area contributed by atoms with Crippen LogP contribution in [0.15, 0.2) is 0 Å². The molecule has 0 saturated carbocycles. The molecule has 1 saturated heterocycles. The summed E-state index contributed by atoms with van der Waals surface area (Å²) in [6.07, 6.45) is 1.27. The van der Waals surface area contributed by atoms with Gasteiger partial charge in [-0.3, -0.25) is 4.90 Å². The van der Waals surface area contributed by atoms with Crippen LogP contribution in [-0.2, 0) is 0 Å². The van der Waals surface area contributed by atoms with Crippen molar-refractivity contribution in [1.29, 1.82) is 0 Å². The molecule has 0 aromatic rings. The van der Waals surface area contributed by atoms with Crippen molar-refractivity contribution < 1.29 is 0 Å². The summed E-state index contributed by atoms with van der Waals surface area (Å²) in [7, 11) is 0. The number of nitrogens with zero attached hydrogens (tertiary/aromatic N) is 1. The summed E-state index contributed by atoms with van der Waals surface area (Å²) in [6.45, 7) is 11.3. The minimum absolute atomic E-state index is 0.323. The lowest BCUT2D eigenvalue weighted by Gasteiger charge is -2.32. The molecule has 0 unspecified atom stereocenters. The topological polar surface area (TPSA) is 29.3 Å². The zero-order valence-corrected chi connectivity index (χ0v) is 8.80. The third kappa shape index (κ3) is 2.20. The van der Waals surface area contributed by atoms with Gasteiger partial charge in [-0.2, -0.15) is 0 Å². The van der Waals surface area contributed by atoms with Crippen LogP contribution in [0.1, 0.15) is 34.1 Å². The predicted molar refractivity (Wildman–Crippen MR) is 53.1 cm³/mol.